The number of anilines is 1. The fraction of sp³-hybridized carbons (Fsp3) is 0.263. The monoisotopic (exact) mass is 422 g/mol. The van der Waals surface area contributed by atoms with Gasteiger partial charge in [-0.1, -0.05) is 6.07 Å². The smallest absolute Gasteiger partial charge is 0.337 e. The van der Waals surface area contributed by atoms with Gasteiger partial charge in [-0.05, 0) is 47.4 Å². The molecule has 0 aromatic heterocycles. The van der Waals surface area contributed by atoms with E-state index >= 15 is 0 Å². The Labute approximate surface area is 166 Å². The average Bonchev–Trinajstić information content (AvgIpc) is 2.95. The molecule has 0 saturated carbocycles. The first-order valence-electron chi connectivity index (χ1n) is 8.92. The highest BCUT2D eigenvalue weighted by Crippen LogP contribution is 2.21. The highest BCUT2D eigenvalue weighted by Gasteiger charge is 2.26. The van der Waals surface area contributed by atoms with E-state index in [1.807, 2.05) is 0 Å². The molecule has 1 aliphatic heterocycles. The summed E-state index contributed by atoms with van der Waals surface area (Å²) in [5.74, 6) is -3.10. The van der Waals surface area contributed by atoms with Gasteiger partial charge >= 0.3 is 8.18 Å². The Balaban J connectivity index is 1.66. The molecule has 1 aliphatic rings. The van der Waals surface area contributed by atoms with Crippen LogP contribution in [-0.2, 0) is 4.57 Å². The topological polar surface area (TPSA) is 89.9 Å². The molecule has 2 aromatic rings. The zero-order valence-corrected chi connectivity index (χ0v) is 16.2. The summed E-state index contributed by atoms with van der Waals surface area (Å²) in [6.07, 6.45) is 0.499. The molecule has 10 heteroatoms. The molecule has 0 radical (unpaired) electrons. The molecule has 1 saturated heterocycles. The Kier molecular flexibility index (Phi) is 6.51. The van der Waals surface area contributed by atoms with Crippen LogP contribution in [0.5, 0.6) is 0 Å². The summed E-state index contributed by atoms with van der Waals surface area (Å²) in [6.45, 7) is 1.19. The van der Waals surface area contributed by atoms with Crippen LogP contribution in [0.4, 0.5) is 14.5 Å². The van der Waals surface area contributed by atoms with Gasteiger partial charge in [-0.15, -0.1) is 4.89 Å². The number of carbonyl (C=O) groups is 2. The summed E-state index contributed by atoms with van der Waals surface area (Å²) in [5, 5.41) is 2.34. The number of nitrogens with zero attached hydrogens (tertiary/aromatic N) is 2. The van der Waals surface area contributed by atoms with E-state index in [0.717, 1.165) is 6.07 Å². The van der Waals surface area contributed by atoms with E-state index in [-0.39, 0.29) is 24.6 Å². The lowest BCUT2D eigenvalue weighted by atomic mass is 10.1. The van der Waals surface area contributed by atoms with Crippen LogP contribution in [0.25, 0.3) is 0 Å². The van der Waals surface area contributed by atoms with Gasteiger partial charge in [-0.25, -0.2) is 8.78 Å². The van der Waals surface area contributed by atoms with E-state index in [1.165, 1.54) is 29.2 Å². The maximum atomic E-state index is 13.9. The van der Waals surface area contributed by atoms with Gasteiger partial charge in [0.1, 0.15) is 0 Å². The average molecular weight is 422 g/mol. The number of carbonyl (C=O) groups excluding carboxylic acids is 2. The van der Waals surface area contributed by atoms with E-state index in [0.29, 0.717) is 30.8 Å². The Bertz CT molecular complexity index is 940. The second kappa shape index (κ2) is 9.07. The molecular weight excluding hydrogens is 403 g/mol. The molecule has 1 unspecified atom stereocenters. The molecule has 7 nitrogen and oxygen atoms in total. The highest BCUT2D eigenvalue weighted by molar-refractivity contribution is 7.39. The van der Waals surface area contributed by atoms with Crippen molar-refractivity contribution in [3.63, 3.8) is 0 Å². The third kappa shape index (κ3) is 4.93. The van der Waals surface area contributed by atoms with Crippen LogP contribution in [0, 0.1) is 11.6 Å². The zero-order chi connectivity index (χ0) is 21.0. The van der Waals surface area contributed by atoms with Crippen LogP contribution in [0.2, 0.25) is 0 Å². The van der Waals surface area contributed by atoms with Crippen LogP contribution < -0.4 is 5.09 Å². The van der Waals surface area contributed by atoms with E-state index in [9.17, 15) is 22.9 Å². The first-order valence-corrected chi connectivity index (χ1v) is 10.1. The molecule has 3 rings (SSSR count). The summed E-state index contributed by atoms with van der Waals surface area (Å²) in [6, 6.07) is 9.61. The fourth-order valence-electron chi connectivity index (χ4n) is 3.14. The predicted octanol–water partition coefficient (Wildman–Crippen LogP) is 3.01. The first kappa shape index (κ1) is 20.8. The lowest BCUT2D eigenvalue weighted by Gasteiger charge is -2.22. The minimum atomic E-state index is -2.54. The maximum Gasteiger partial charge on any atom is 0.640 e. The van der Waals surface area contributed by atoms with Crippen molar-refractivity contribution < 1.29 is 27.8 Å². The molecule has 0 bridgehead atoms. The summed E-state index contributed by atoms with van der Waals surface area (Å²) in [7, 11) is -2.54. The molecule has 152 valence electrons. The lowest BCUT2D eigenvalue weighted by molar-refractivity contribution is 0.0715. The van der Waals surface area contributed by atoms with Gasteiger partial charge in [0.2, 0.25) is 0 Å². The van der Waals surface area contributed by atoms with Gasteiger partial charge in [0.05, 0.1) is 11.3 Å². The van der Waals surface area contributed by atoms with Crippen LogP contribution in [0.1, 0.15) is 27.1 Å². The van der Waals surface area contributed by atoms with Gasteiger partial charge in [-0.3, -0.25) is 9.59 Å². The molecule has 0 spiro atoms. The van der Waals surface area contributed by atoms with Crippen molar-refractivity contribution in [3.05, 3.63) is 65.2 Å². The predicted molar refractivity (Wildman–Crippen MR) is 103 cm³/mol. The van der Waals surface area contributed by atoms with E-state index in [2.05, 4.69) is 5.09 Å². The number of amides is 2. The third-order valence-corrected chi connectivity index (χ3v) is 5.06. The molecule has 2 aromatic carbocycles. The van der Waals surface area contributed by atoms with Crippen molar-refractivity contribution in [2.24, 2.45) is 0 Å². The van der Waals surface area contributed by atoms with Crippen molar-refractivity contribution in [3.8, 4) is 0 Å². The van der Waals surface area contributed by atoms with Crippen molar-refractivity contribution >= 4 is 25.7 Å². The molecule has 1 heterocycles. The zero-order valence-electron chi connectivity index (χ0n) is 15.3. The van der Waals surface area contributed by atoms with Crippen molar-refractivity contribution in [2.75, 3.05) is 31.3 Å². The van der Waals surface area contributed by atoms with E-state index < -0.39 is 25.7 Å². The van der Waals surface area contributed by atoms with Crippen molar-refractivity contribution in [1.29, 1.82) is 0 Å². The summed E-state index contributed by atoms with van der Waals surface area (Å²) < 4.78 is 38.1. The summed E-state index contributed by atoms with van der Waals surface area (Å²) >= 11 is 0. The first-order chi connectivity index (χ1) is 13.9. The standard InChI is InChI=1S/C19H18F2N3O4P/c20-16-4-1-3-15(17(16)21)19(26)24-10-2-9-23(11-12-24)18(25)13-5-7-14(8-6-13)22-29(27)28/h1,3-8H,2,9-12H2,(H-,22,25,27,28)/p+1. The van der Waals surface area contributed by atoms with Gasteiger partial charge in [0, 0.05) is 31.7 Å². The molecule has 1 atom stereocenters. The van der Waals surface area contributed by atoms with Crippen molar-refractivity contribution in [2.45, 2.75) is 6.42 Å². The third-order valence-electron chi connectivity index (χ3n) is 4.61. The van der Waals surface area contributed by atoms with Crippen molar-refractivity contribution in [1.82, 2.24) is 9.80 Å². The second-order valence-corrected chi connectivity index (χ2v) is 7.27. The van der Waals surface area contributed by atoms with Crippen LogP contribution in [0.3, 0.4) is 0 Å². The van der Waals surface area contributed by atoms with Gasteiger partial charge in [0.15, 0.2) is 11.6 Å². The Hall–Kier alpha value is -2.90. The number of halogens is 2. The normalized spacial score (nSPS) is 14.9. The molecule has 29 heavy (non-hydrogen) atoms. The van der Waals surface area contributed by atoms with Crippen LogP contribution in [0.15, 0.2) is 42.5 Å². The minimum absolute atomic E-state index is 0.200. The maximum absolute atomic E-state index is 13.9. The second-order valence-electron chi connectivity index (χ2n) is 6.50. The summed E-state index contributed by atoms with van der Waals surface area (Å²) in [4.78, 5) is 37.1. The molecule has 2 amide bonds. The van der Waals surface area contributed by atoms with Gasteiger partial charge in [0.25, 0.3) is 11.8 Å². The van der Waals surface area contributed by atoms with E-state index in [1.54, 1.807) is 17.0 Å². The van der Waals surface area contributed by atoms with Crippen LogP contribution in [-0.4, -0.2) is 52.7 Å². The Morgan fingerprint density at radius 3 is 2.17 bits per heavy atom. The molecule has 1 fully saturated rings. The van der Waals surface area contributed by atoms with Crippen LogP contribution >= 0.6 is 8.18 Å². The summed E-state index contributed by atoms with van der Waals surface area (Å²) in [5.41, 5.74) is 0.490. The Morgan fingerprint density at radius 1 is 0.931 bits per heavy atom. The molecule has 2 N–H and O–H groups in total. The molecule has 0 aliphatic carbocycles. The number of rotatable bonds is 4. The minimum Gasteiger partial charge on any atom is -0.337 e. The quantitative estimate of drug-likeness (QED) is 0.740. The van der Waals surface area contributed by atoms with Gasteiger partial charge in [-0.2, -0.15) is 5.09 Å². The highest BCUT2D eigenvalue weighted by atomic mass is 31.1. The lowest BCUT2D eigenvalue weighted by Crippen LogP contribution is -2.37. The van der Waals surface area contributed by atoms with E-state index in [4.69, 9.17) is 4.89 Å². The number of hydrogen-bond donors (Lipinski definition) is 2. The largest absolute Gasteiger partial charge is 0.640 e. The SMILES string of the molecule is O=C(c1ccc(N[P+](=O)O)cc1)N1CCCN(C(=O)c2cccc(F)c2F)CC1. The Morgan fingerprint density at radius 2 is 1.55 bits per heavy atom. The fourth-order valence-corrected chi connectivity index (χ4v) is 3.51. The molecular formula is C19H19F2N3O4P+. The van der Waals surface area contributed by atoms with Gasteiger partial charge < -0.3 is 9.80 Å². The number of hydrogen-bond acceptors (Lipinski definition) is 3. The number of nitrogens with one attached hydrogen (secondary N) is 1. The number of benzene rings is 2.